The van der Waals surface area contributed by atoms with Crippen molar-refractivity contribution < 1.29 is 14.4 Å². The van der Waals surface area contributed by atoms with Gasteiger partial charge in [-0.05, 0) is 34.2 Å². The number of carbonyl (C=O) groups is 3. The maximum Gasteiger partial charge on any atom is 0.237 e. The third kappa shape index (κ3) is 5.57. The molecule has 0 saturated carbocycles. The zero-order chi connectivity index (χ0) is 23.2. The Hall–Kier alpha value is -1.27. The Morgan fingerprint density at radius 1 is 0.903 bits per heavy atom. The van der Waals surface area contributed by atoms with Gasteiger partial charge in [0, 0.05) is 32.4 Å². The van der Waals surface area contributed by atoms with Crippen LogP contribution < -0.4 is 0 Å². The Morgan fingerprint density at radius 2 is 1.35 bits per heavy atom. The average Bonchev–Trinajstić information content (AvgIpc) is 2.81. The summed E-state index contributed by atoms with van der Waals surface area (Å²) in [6, 6.07) is 0.0769. The first kappa shape index (κ1) is 26.0. The van der Waals surface area contributed by atoms with E-state index in [9.17, 15) is 14.4 Å². The zero-order valence-corrected chi connectivity index (χ0v) is 20.8. The van der Waals surface area contributed by atoms with Crippen LogP contribution in [0.3, 0.4) is 0 Å². The number of likely N-dealkylation sites (tertiary alicyclic amines) is 1. The van der Waals surface area contributed by atoms with Crippen LogP contribution in [0, 0.1) is 0 Å². The van der Waals surface area contributed by atoms with Crippen LogP contribution in [0.25, 0.3) is 0 Å². The second-order valence-corrected chi connectivity index (χ2v) is 10.2. The molecule has 6 nitrogen and oxygen atoms in total. The van der Waals surface area contributed by atoms with Gasteiger partial charge in [-0.1, -0.05) is 64.7 Å². The van der Waals surface area contributed by atoms with Crippen molar-refractivity contribution in [3.05, 3.63) is 0 Å². The SMILES string of the molecule is CCCCCCCCCCCCN1C(C)C2(CC(=O)N(C(C)=O)C(=O)C2)N(C)C1(C)C. The minimum Gasteiger partial charge on any atom is -0.281 e. The number of nitrogens with zero attached hydrogens (tertiary/aromatic N) is 3. The van der Waals surface area contributed by atoms with Gasteiger partial charge >= 0.3 is 0 Å². The molecule has 2 heterocycles. The normalized spacial score (nSPS) is 23.8. The fourth-order valence-corrected chi connectivity index (χ4v) is 5.79. The highest BCUT2D eigenvalue weighted by atomic mass is 16.2. The monoisotopic (exact) mass is 435 g/mol. The van der Waals surface area contributed by atoms with Crippen molar-refractivity contribution in [2.45, 2.75) is 129 Å². The molecular weight excluding hydrogens is 390 g/mol. The molecule has 2 saturated heterocycles. The molecule has 0 radical (unpaired) electrons. The van der Waals surface area contributed by atoms with Crippen LogP contribution in [0.1, 0.15) is 112 Å². The second kappa shape index (κ2) is 11.0. The number of amides is 3. The van der Waals surface area contributed by atoms with Crippen LogP contribution in [0.4, 0.5) is 0 Å². The molecule has 2 fully saturated rings. The van der Waals surface area contributed by atoms with E-state index in [1.165, 1.54) is 64.7 Å². The fraction of sp³-hybridized carbons (Fsp3) is 0.880. The molecule has 2 aliphatic rings. The molecule has 0 aliphatic carbocycles. The van der Waals surface area contributed by atoms with Gasteiger partial charge in [0.25, 0.3) is 0 Å². The summed E-state index contributed by atoms with van der Waals surface area (Å²) < 4.78 is 0. The van der Waals surface area contributed by atoms with Crippen LogP contribution in [0.2, 0.25) is 0 Å². The summed E-state index contributed by atoms with van der Waals surface area (Å²) in [5.74, 6) is -1.20. The number of hydrogen-bond acceptors (Lipinski definition) is 5. The predicted molar refractivity (Wildman–Crippen MR) is 124 cm³/mol. The molecule has 178 valence electrons. The number of imide groups is 3. The quantitative estimate of drug-likeness (QED) is 0.347. The molecule has 2 aliphatic heterocycles. The number of piperidine rings is 1. The molecule has 0 bridgehead atoms. The molecule has 0 N–H and O–H groups in total. The first-order valence-electron chi connectivity index (χ1n) is 12.5. The molecule has 31 heavy (non-hydrogen) atoms. The smallest absolute Gasteiger partial charge is 0.237 e. The molecule has 2 rings (SSSR count). The van der Waals surface area contributed by atoms with Crippen molar-refractivity contribution in [2.24, 2.45) is 0 Å². The fourth-order valence-electron chi connectivity index (χ4n) is 5.79. The number of hydrogen-bond donors (Lipinski definition) is 0. The summed E-state index contributed by atoms with van der Waals surface area (Å²) in [4.78, 5) is 42.7. The third-order valence-corrected chi connectivity index (χ3v) is 7.92. The zero-order valence-electron chi connectivity index (χ0n) is 20.8. The minimum atomic E-state index is -0.540. The van der Waals surface area contributed by atoms with E-state index in [1.54, 1.807) is 0 Å². The molecule has 0 aromatic carbocycles. The van der Waals surface area contributed by atoms with E-state index in [-0.39, 0.29) is 36.4 Å². The Labute approximate surface area is 189 Å². The standard InChI is InChI=1S/C25H45N3O3/c1-7-8-9-10-11-12-13-14-15-16-17-27-20(2)25(26(6)24(27,4)5)18-22(30)28(21(3)29)23(31)19-25/h20H,7-19H2,1-6H3. The van der Waals surface area contributed by atoms with Crippen molar-refractivity contribution in [1.82, 2.24) is 14.7 Å². The van der Waals surface area contributed by atoms with E-state index in [0.717, 1.165) is 17.9 Å². The van der Waals surface area contributed by atoms with Crippen LogP contribution in [-0.4, -0.2) is 63.3 Å². The van der Waals surface area contributed by atoms with Gasteiger partial charge in [0.2, 0.25) is 17.7 Å². The maximum absolute atomic E-state index is 12.7. The molecule has 6 heteroatoms. The van der Waals surface area contributed by atoms with Gasteiger partial charge < -0.3 is 0 Å². The molecule has 3 amide bonds. The highest BCUT2D eigenvalue weighted by Gasteiger charge is 2.61. The van der Waals surface area contributed by atoms with Crippen LogP contribution in [0.5, 0.6) is 0 Å². The average molecular weight is 436 g/mol. The van der Waals surface area contributed by atoms with Crippen molar-refractivity contribution in [2.75, 3.05) is 13.6 Å². The number of carbonyl (C=O) groups excluding carboxylic acids is 3. The molecule has 1 atom stereocenters. The van der Waals surface area contributed by atoms with E-state index >= 15 is 0 Å². The lowest BCUT2D eigenvalue weighted by molar-refractivity contribution is -0.160. The van der Waals surface area contributed by atoms with Crippen molar-refractivity contribution in [1.29, 1.82) is 0 Å². The molecule has 0 aromatic rings. The number of rotatable bonds is 11. The van der Waals surface area contributed by atoms with Crippen LogP contribution in [-0.2, 0) is 14.4 Å². The summed E-state index contributed by atoms with van der Waals surface area (Å²) >= 11 is 0. The van der Waals surface area contributed by atoms with Crippen molar-refractivity contribution in [3.63, 3.8) is 0 Å². The van der Waals surface area contributed by atoms with Gasteiger partial charge in [-0.15, -0.1) is 0 Å². The summed E-state index contributed by atoms with van der Waals surface area (Å²) in [5.41, 5.74) is -0.778. The molecule has 0 aromatic heterocycles. The Bertz CT molecular complexity index is 628. The first-order valence-corrected chi connectivity index (χ1v) is 12.5. The lowest BCUT2D eigenvalue weighted by Gasteiger charge is -2.45. The van der Waals surface area contributed by atoms with Gasteiger partial charge in [0.15, 0.2) is 0 Å². The largest absolute Gasteiger partial charge is 0.281 e. The van der Waals surface area contributed by atoms with Gasteiger partial charge in [-0.3, -0.25) is 24.2 Å². The topological polar surface area (TPSA) is 60.9 Å². The lowest BCUT2D eigenvalue weighted by atomic mass is 9.80. The Kier molecular flexibility index (Phi) is 9.26. The lowest BCUT2D eigenvalue weighted by Crippen LogP contribution is -2.62. The molecule has 1 spiro atoms. The third-order valence-electron chi connectivity index (χ3n) is 7.92. The van der Waals surface area contributed by atoms with Crippen LogP contribution >= 0.6 is 0 Å². The van der Waals surface area contributed by atoms with E-state index in [2.05, 4.69) is 37.5 Å². The maximum atomic E-state index is 12.7. The summed E-state index contributed by atoms with van der Waals surface area (Å²) in [6.07, 6.45) is 13.5. The highest BCUT2D eigenvalue weighted by molar-refractivity contribution is 6.12. The van der Waals surface area contributed by atoms with Gasteiger partial charge in [0.05, 0.1) is 11.2 Å². The minimum absolute atomic E-state index is 0.0769. The number of unbranched alkanes of at least 4 members (excludes halogenated alkanes) is 9. The Balaban J connectivity index is 1.88. The van der Waals surface area contributed by atoms with Gasteiger partial charge in [0.1, 0.15) is 0 Å². The van der Waals surface area contributed by atoms with E-state index in [4.69, 9.17) is 0 Å². The van der Waals surface area contributed by atoms with E-state index < -0.39 is 11.4 Å². The summed E-state index contributed by atoms with van der Waals surface area (Å²) in [6.45, 7) is 11.0. The first-order chi connectivity index (χ1) is 14.6. The summed E-state index contributed by atoms with van der Waals surface area (Å²) in [5, 5.41) is 0. The van der Waals surface area contributed by atoms with Crippen molar-refractivity contribution >= 4 is 17.7 Å². The van der Waals surface area contributed by atoms with E-state index in [0.29, 0.717) is 0 Å². The van der Waals surface area contributed by atoms with Gasteiger partial charge in [-0.2, -0.15) is 0 Å². The van der Waals surface area contributed by atoms with Crippen LogP contribution in [0.15, 0.2) is 0 Å². The van der Waals surface area contributed by atoms with Crippen molar-refractivity contribution in [3.8, 4) is 0 Å². The highest BCUT2D eigenvalue weighted by Crippen LogP contribution is 2.47. The summed E-state index contributed by atoms with van der Waals surface area (Å²) in [7, 11) is 2.03. The van der Waals surface area contributed by atoms with Gasteiger partial charge in [-0.25, -0.2) is 4.90 Å². The number of likely N-dealkylation sites (N-methyl/N-ethyl adjacent to an activating group) is 1. The second-order valence-electron chi connectivity index (χ2n) is 10.2. The molecular formula is C25H45N3O3. The molecule has 1 unspecified atom stereocenters. The Morgan fingerprint density at radius 3 is 1.81 bits per heavy atom. The van der Waals surface area contributed by atoms with E-state index in [1.807, 2.05) is 7.05 Å². The predicted octanol–water partition coefficient (Wildman–Crippen LogP) is 4.71.